The summed E-state index contributed by atoms with van der Waals surface area (Å²) in [4.78, 5) is 11.2. The van der Waals surface area contributed by atoms with E-state index in [1.807, 2.05) is 0 Å². The maximum absolute atomic E-state index is 11.8. The van der Waals surface area contributed by atoms with Crippen molar-refractivity contribution in [2.24, 2.45) is 0 Å². The maximum atomic E-state index is 11.8. The molecule has 0 aromatic heterocycles. The monoisotopic (exact) mass is 237 g/mol. The molecule has 1 aliphatic rings. The number of rotatable bonds is 3. The SMILES string of the molecule is O=C1C=C(NS(=O)(=O)c2ccccc2)CC1. The van der Waals surface area contributed by atoms with E-state index in [2.05, 4.69) is 4.72 Å². The second kappa shape index (κ2) is 4.09. The van der Waals surface area contributed by atoms with Gasteiger partial charge >= 0.3 is 0 Å². The van der Waals surface area contributed by atoms with Crippen molar-refractivity contribution in [3.05, 3.63) is 42.1 Å². The highest BCUT2D eigenvalue weighted by Crippen LogP contribution is 2.16. The highest BCUT2D eigenvalue weighted by Gasteiger charge is 2.19. The predicted octanol–water partition coefficient (Wildman–Crippen LogP) is 1.21. The second-order valence-electron chi connectivity index (χ2n) is 3.55. The molecule has 1 aliphatic carbocycles. The maximum Gasteiger partial charge on any atom is 0.261 e. The van der Waals surface area contributed by atoms with Crippen molar-refractivity contribution in [2.75, 3.05) is 0 Å². The van der Waals surface area contributed by atoms with E-state index in [4.69, 9.17) is 0 Å². The first-order valence-corrected chi connectivity index (χ1v) is 6.37. The van der Waals surface area contributed by atoms with Crippen LogP contribution < -0.4 is 4.72 Å². The standard InChI is InChI=1S/C11H11NO3S/c13-10-7-6-9(8-10)12-16(14,15)11-4-2-1-3-5-11/h1-5,8,12H,6-7H2. The lowest BCUT2D eigenvalue weighted by atomic mass is 10.3. The lowest BCUT2D eigenvalue weighted by molar-refractivity contribution is -0.114. The van der Waals surface area contributed by atoms with Crippen molar-refractivity contribution in [2.45, 2.75) is 17.7 Å². The first-order chi connectivity index (χ1) is 7.58. The average molecular weight is 237 g/mol. The van der Waals surface area contributed by atoms with Crippen LogP contribution in [-0.2, 0) is 14.8 Å². The molecule has 2 rings (SSSR count). The van der Waals surface area contributed by atoms with Gasteiger partial charge in [0.1, 0.15) is 0 Å². The summed E-state index contributed by atoms with van der Waals surface area (Å²) < 4.78 is 26.1. The number of hydrogen-bond acceptors (Lipinski definition) is 3. The van der Waals surface area contributed by atoms with Gasteiger partial charge in [0.2, 0.25) is 0 Å². The van der Waals surface area contributed by atoms with Crippen molar-refractivity contribution < 1.29 is 13.2 Å². The summed E-state index contributed by atoms with van der Waals surface area (Å²) in [7, 11) is -3.54. The number of ketones is 1. The summed E-state index contributed by atoms with van der Waals surface area (Å²) in [6, 6.07) is 8.09. The van der Waals surface area contributed by atoms with Crippen LogP contribution >= 0.6 is 0 Å². The Hall–Kier alpha value is -1.62. The summed E-state index contributed by atoms with van der Waals surface area (Å²) in [6.45, 7) is 0. The van der Waals surface area contributed by atoms with Gasteiger partial charge < -0.3 is 0 Å². The van der Waals surface area contributed by atoms with Gasteiger partial charge in [0.05, 0.1) is 4.90 Å². The van der Waals surface area contributed by atoms with Crippen molar-refractivity contribution in [1.82, 2.24) is 4.72 Å². The van der Waals surface area contributed by atoms with E-state index in [1.165, 1.54) is 18.2 Å². The number of hydrogen-bond donors (Lipinski definition) is 1. The van der Waals surface area contributed by atoms with Crippen LogP contribution in [0.25, 0.3) is 0 Å². The zero-order chi connectivity index (χ0) is 11.6. The molecule has 0 atom stereocenters. The summed E-state index contributed by atoms with van der Waals surface area (Å²) in [5.41, 5.74) is 0.467. The molecule has 0 saturated heterocycles. The molecular formula is C11H11NO3S. The predicted molar refractivity (Wildman–Crippen MR) is 59.1 cm³/mol. The minimum absolute atomic E-state index is 0.0363. The number of carbonyl (C=O) groups is 1. The minimum Gasteiger partial charge on any atom is -0.295 e. The van der Waals surface area contributed by atoms with Crippen LogP contribution in [0.1, 0.15) is 12.8 Å². The molecule has 16 heavy (non-hydrogen) atoms. The molecule has 84 valence electrons. The number of nitrogens with one attached hydrogen (secondary N) is 1. The van der Waals surface area contributed by atoms with E-state index in [1.54, 1.807) is 18.2 Å². The molecule has 0 fully saturated rings. The summed E-state index contributed by atoms with van der Waals surface area (Å²) in [5, 5.41) is 0. The van der Waals surface area contributed by atoms with Gasteiger partial charge in [-0.2, -0.15) is 0 Å². The molecule has 5 heteroatoms. The third kappa shape index (κ3) is 2.30. The van der Waals surface area contributed by atoms with Gasteiger partial charge in [-0.1, -0.05) is 18.2 Å². The van der Waals surface area contributed by atoms with Crippen LogP contribution in [0.5, 0.6) is 0 Å². The minimum atomic E-state index is -3.54. The Morgan fingerprint density at radius 3 is 2.31 bits per heavy atom. The third-order valence-corrected chi connectivity index (χ3v) is 3.72. The van der Waals surface area contributed by atoms with Crippen LogP contribution in [0, 0.1) is 0 Å². The summed E-state index contributed by atoms with van der Waals surface area (Å²) in [5.74, 6) is -0.0363. The van der Waals surface area contributed by atoms with E-state index in [0.717, 1.165) is 0 Å². The molecule has 1 aromatic rings. The number of benzene rings is 1. The molecular weight excluding hydrogens is 226 g/mol. The molecule has 0 saturated carbocycles. The average Bonchev–Trinajstić information content (AvgIpc) is 2.64. The van der Waals surface area contributed by atoms with Crippen LogP contribution in [0.4, 0.5) is 0 Å². The number of allylic oxidation sites excluding steroid dienone is 2. The van der Waals surface area contributed by atoms with Crippen LogP contribution in [0.15, 0.2) is 47.0 Å². The second-order valence-corrected chi connectivity index (χ2v) is 5.24. The Morgan fingerprint density at radius 2 is 1.75 bits per heavy atom. The molecule has 0 heterocycles. The highest BCUT2D eigenvalue weighted by molar-refractivity contribution is 7.89. The van der Waals surface area contributed by atoms with Crippen LogP contribution in [0.2, 0.25) is 0 Å². The van der Waals surface area contributed by atoms with Gasteiger partial charge in [-0.05, 0) is 18.6 Å². The van der Waals surface area contributed by atoms with Gasteiger partial charge in [0, 0.05) is 18.2 Å². The molecule has 0 spiro atoms. The van der Waals surface area contributed by atoms with Crippen LogP contribution in [0.3, 0.4) is 0 Å². The Balaban J connectivity index is 2.22. The molecule has 0 unspecified atom stereocenters. The Labute approximate surface area is 94.0 Å². The van der Waals surface area contributed by atoms with Crippen molar-refractivity contribution >= 4 is 15.8 Å². The fourth-order valence-electron chi connectivity index (χ4n) is 1.51. The highest BCUT2D eigenvalue weighted by atomic mass is 32.2. The lowest BCUT2D eigenvalue weighted by Crippen LogP contribution is -2.22. The largest absolute Gasteiger partial charge is 0.295 e. The topological polar surface area (TPSA) is 63.2 Å². The van der Waals surface area contributed by atoms with E-state index >= 15 is 0 Å². The molecule has 1 N–H and O–H groups in total. The van der Waals surface area contributed by atoms with E-state index < -0.39 is 10.0 Å². The first kappa shape index (κ1) is 10.9. The zero-order valence-corrected chi connectivity index (χ0v) is 9.33. The van der Waals surface area contributed by atoms with Gasteiger partial charge in [0.25, 0.3) is 10.0 Å². The van der Waals surface area contributed by atoms with Crippen molar-refractivity contribution in [1.29, 1.82) is 0 Å². The molecule has 0 radical (unpaired) electrons. The Kier molecular flexibility index (Phi) is 2.78. The third-order valence-electron chi connectivity index (χ3n) is 2.29. The van der Waals surface area contributed by atoms with Gasteiger partial charge in [0.15, 0.2) is 5.78 Å². The number of sulfonamides is 1. The fraction of sp³-hybridized carbons (Fsp3) is 0.182. The Morgan fingerprint density at radius 1 is 1.06 bits per heavy atom. The van der Waals surface area contributed by atoms with Crippen molar-refractivity contribution in [3.63, 3.8) is 0 Å². The van der Waals surface area contributed by atoms with Crippen LogP contribution in [-0.4, -0.2) is 14.2 Å². The van der Waals surface area contributed by atoms with E-state index in [-0.39, 0.29) is 10.7 Å². The smallest absolute Gasteiger partial charge is 0.261 e. The first-order valence-electron chi connectivity index (χ1n) is 4.89. The van der Waals surface area contributed by atoms with Gasteiger partial charge in [-0.3, -0.25) is 9.52 Å². The van der Waals surface area contributed by atoms with Gasteiger partial charge in [-0.25, -0.2) is 8.42 Å². The lowest BCUT2D eigenvalue weighted by Gasteiger charge is -2.07. The molecule has 0 amide bonds. The summed E-state index contributed by atoms with van der Waals surface area (Å²) in [6.07, 6.45) is 2.19. The van der Waals surface area contributed by atoms with Gasteiger partial charge in [-0.15, -0.1) is 0 Å². The normalized spacial score (nSPS) is 16.0. The fourth-order valence-corrected chi connectivity index (χ4v) is 2.65. The quantitative estimate of drug-likeness (QED) is 0.859. The zero-order valence-electron chi connectivity index (χ0n) is 8.51. The molecule has 4 nitrogen and oxygen atoms in total. The molecule has 0 aliphatic heterocycles. The van der Waals surface area contributed by atoms with E-state index in [9.17, 15) is 13.2 Å². The molecule has 1 aromatic carbocycles. The van der Waals surface area contributed by atoms with E-state index in [0.29, 0.717) is 18.5 Å². The summed E-state index contributed by atoms with van der Waals surface area (Å²) >= 11 is 0. The number of carbonyl (C=O) groups excluding carboxylic acids is 1. The van der Waals surface area contributed by atoms with Crippen molar-refractivity contribution in [3.8, 4) is 0 Å². The Bertz CT molecular complexity index is 532. The molecule has 0 bridgehead atoms.